The Bertz CT molecular complexity index is 165. The van der Waals surface area contributed by atoms with Gasteiger partial charge in [0.15, 0.2) is 6.29 Å². The first-order valence-corrected chi connectivity index (χ1v) is 5.63. The molecule has 0 aromatic carbocycles. The van der Waals surface area contributed by atoms with Crippen LogP contribution in [0.2, 0.25) is 0 Å². The van der Waals surface area contributed by atoms with Crippen LogP contribution >= 0.6 is 0 Å². The van der Waals surface area contributed by atoms with E-state index in [2.05, 4.69) is 5.32 Å². The van der Waals surface area contributed by atoms with E-state index in [0.29, 0.717) is 6.54 Å². The van der Waals surface area contributed by atoms with Gasteiger partial charge in [0.05, 0.1) is 0 Å². The zero-order valence-corrected chi connectivity index (χ0v) is 9.79. The van der Waals surface area contributed by atoms with Crippen molar-refractivity contribution < 1.29 is 14.6 Å². The molecule has 4 nitrogen and oxygen atoms in total. The molecule has 0 unspecified atom stereocenters. The number of rotatable bonds is 7. The zero-order valence-electron chi connectivity index (χ0n) is 9.79. The van der Waals surface area contributed by atoms with Crippen LogP contribution in [0.5, 0.6) is 0 Å². The van der Waals surface area contributed by atoms with E-state index in [-0.39, 0.29) is 18.3 Å². The van der Waals surface area contributed by atoms with Gasteiger partial charge in [0.1, 0.15) is 0 Å². The lowest BCUT2D eigenvalue weighted by Crippen LogP contribution is -2.39. The predicted octanol–water partition coefficient (Wildman–Crippen LogP) is 0.748. The minimum Gasteiger partial charge on any atom is -0.396 e. The molecule has 0 aliphatic heterocycles. The molecule has 90 valence electrons. The molecular weight excluding hydrogens is 194 g/mol. The molecule has 0 aromatic heterocycles. The van der Waals surface area contributed by atoms with E-state index in [1.165, 1.54) is 12.8 Å². The van der Waals surface area contributed by atoms with Gasteiger partial charge < -0.3 is 19.9 Å². The second-order valence-electron chi connectivity index (χ2n) is 4.40. The van der Waals surface area contributed by atoms with Crippen molar-refractivity contribution in [2.75, 3.05) is 33.9 Å². The van der Waals surface area contributed by atoms with E-state index >= 15 is 0 Å². The van der Waals surface area contributed by atoms with Gasteiger partial charge in [-0.25, -0.2) is 0 Å². The minimum atomic E-state index is -0.192. The molecule has 15 heavy (non-hydrogen) atoms. The first-order chi connectivity index (χ1) is 7.26. The molecule has 0 aromatic rings. The number of ether oxygens (including phenoxy) is 2. The Kier molecular flexibility index (Phi) is 5.53. The van der Waals surface area contributed by atoms with Crippen LogP contribution in [0.4, 0.5) is 0 Å². The van der Waals surface area contributed by atoms with Crippen molar-refractivity contribution in [3.05, 3.63) is 0 Å². The lowest BCUT2D eigenvalue weighted by molar-refractivity contribution is -0.0998. The largest absolute Gasteiger partial charge is 0.396 e. The van der Waals surface area contributed by atoms with E-state index in [9.17, 15) is 5.11 Å². The summed E-state index contributed by atoms with van der Waals surface area (Å²) in [7, 11) is 3.26. The van der Waals surface area contributed by atoms with Crippen LogP contribution in [0.25, 0.3) is 0 Å². The summed E-state index contributed by atoms with van der Waals surface area (Å²) in [6, 6.07) is 0. The van der Waals surface area contributed by atoms with Gasteiger partial charge >= 0.3 is 0 Å². The average Bonchev–Trinajstić information content (AvgIpc) is 2.74. The maximum Gasteiger partial charge on any atom is 0.169 e. The number of nitrogens with one attached hydrogen (secondary N) is 1. The first kappa shape index (κ1) is 12.9. The van der Waals surface area contributed by atoms with Gasteiger partial charge in [-0.3, -0.25) is 0 Å². The molecule has 2 N–H and O–H groups in total. The average molecular weight is 217 g/mol. The quantitative estimate of drug-likeness (QED) is 0.618. The fourth-order valence-corrected chi connectivity index (χ4v) is 2.23. The Morgan fingerprint density at radius 2 is 1.87 bits per heavy atom. The molecule has 0 heterocycles. The van der Waals surface area contributed by atoms with E-state index in [0.717, 1.165) is 19.4 Å². The Hall–Kier alpha value is -0.160. The molecule has 1 aliphatic carbocycles. The summed E-state index contributed by atoms with van der Waals surface area (Å²) in [4.78, 5) is 0. The van der Waals surface area contributed by atoms with Crippen LogP contribution in [-0.2, 0) is 9.47 Å². The van der Waals surface area contributed by atoms with Crippen LogP contribution in [0.15, 0.2) is 0 Å². The van der Waals surface area contributed by atoms with Gasteiger partial charge in [-0.15, -0.1) is 0 Å². The lowest BCUT2D eigenvalue weighted by Gasteiger charge is -2.27. The highest BCUT2D eigenvalue weighted by atomic mass is 16.7. The molecule has 1 aliphatic rings. The van der Waals surface area contributed by atoms with E-state index in [1.807, 2.05) is 0 Å². The molecule has 0 saturated heterocycles. The Morgan fingerprint density at radius 3 is 2.33 bits per heavy atom. The highest BCUT2D eigenvalue weighted by molar-refractivity contribution is 4.86. The van der Waals surface area contributed by atoms with Gasteiger partial charge in [0, 0.05) is 39.3 Å². The fraction of sp³-hybridized carbons (Fsp3) is 1.00. The SMILES string of the molecule is COC(CNCC1(CO)CCCC1)OC. The summed E-state index contributed by atoms with van der Waals surface area (Å²) in [6.07, 6.45) is 4.53. The number of hydrogen-bond acceptors (Lipinski definition) is 4. The van der Waals surface area contributed by atoms with Crippen molar-refractivity contribution in [2.24, 2.45) is 5.41 Å². The van der Waals surface area contributed by atoms with Crippen molar-refractivity contribution >= 4 is 0 Å². The molecule has 1 rings (SSSR count). The Morgan fingerprint density at radius 1 is 1.27 bits per heavy atom. The number of aliphatic hydroxyl groups excluding tert-OH is 1. The molecule has 0 bridgehead atoms. The molecule has 0 radical (unpaired) electrons. The van der Waals surface area contributed by atoms with Gasteiger partial charge in [-0.1, -0.05) is 12.8 Å². The van der Waals surface area contributed by atoms with Crippen molar-refractivity contribution in [3.63, 3.8) is 0 Å². The topological polar surface area (TPSA) is 50.7 Å². The fourth-order valence-electron chi connectivity index (χ4n) is 2.23. The van der Waals surface area contributed by atoms with Crippen molar-refractivity contribution in [1.29, 1.82) is 0 Å². The summed E-state index contributed by atoms with van der Waals surface area (Å²) in [5.41, 5.74) is 0.103. The van der Waals surface area contributed by atoms with Crippen LogP contribution in [0, 0.1) is 5.41 Å². The van der Waals surface area contributed by atoms with Crippen molar-refractivity contribution in [2.45, 2.75) is 32.0 Å². The smallest absolute Gasteiger partial charge is 0.169 e. The second-order valence-corrected chi connectivity index (χ2v) is 4.40. The maximum atomic E-state index is 9.39. The molecule has 1 fully saturated rings. The van der Waals surface area contributed by atoms with E-state index in [4.69, 9.17) is 9.47 Å². The molecular formula is C11H23NO3. The number of aliphatic hydroxyl groups is 1. The molecule has 1 saturated carbocycles. The van der Waals surface area contributed by atoms with Crippen LogP contribution in [0.1, 0.15) is 25.7 Å². The van der Waals surface area contributed by atoms with Gasteiger partial charge in [-0.05, 0) is 12.8 Å². The lowest BCUT2D eigenvalue weighted by atomic mass is 9.87. The highest BCUT2D eigenvalue weighted by Gasteiger charge is 2.32. The molecule has 0 amide bonds. The predicted molar refractivity (Wildman–Crippen MR) is 58.7 cm³/mol. The van der Waals surface area contributed by atoms with Crippen molar-refractivity contribution in [1.82, 2.24) is 5.32 Å². The minimum absolute atomic E-state index is 0.103. The maximum absolute atomic E-state index is 9.39. The van der Waals surface area contributed by atoms with E-state index in [1.54, 1.807) is 14.2 Å². The summed E-state index contributed by atoms with van der Waals surface area (Å²) < 4.78 is 10.2. The van der Waals surface area contributed by atoms with Gasteiger partial charge in [-0.2, -0.15) is 0 Å². The standard InChI is InChI=1S/C11H23NO3/c1-14-10(15-2)7-12-8-11(9-13)5-3-4-6-11/h10,12-13H,3-9H2,1-2H3. The summed E-state index contributed by atoms with van der Waals surface area (Å²) in [6.45, 7) is 1.81. The van der Waals surface area contributed by atoms with Crippen molar-refractivity contribution in [3.8, 4) is 0 Å². The van der Waals surface area contributed by atoms with Gasteiger partial charge in [0.2, 0.25) is 0 Å². The third-order valence-corrected chi connectivity index (χ3v) is 3.34. The third-order valence-electron chi connectivity index (χ3n) is 3.34. The normalized spacial score (nSPS) is 20.0. The highest BCUT2D eigenvalue weighted by Crippen LogP contribution is 2.36. The van der Waals surface area contributed by atoms with Gasteiger partial charge in [0.25, 0.3) is 0 Å². The number of methoxy groups -OCH3 is 2. The monoisotopic (exact) mass is 217 g/mol. The Balaban J connectivity index is 2.22. The van der Waals surface area contributed by atoms with Crippen LogP contribution in [0.3, 0.4) is 0 Å². The van der Waals surface area contributed by atoms with E-state index < -0.39 is 0 Å². The van der Waals surface area contributed by atoms with Crippen LogP contribution in [-0.4, -0.2) is 45.3 Å². The first-order valence-electron chi connectivity index (χ1n) is 5.63. The second kappa shape index (κ2) is 6.43. The molecule has 0 atom stereocenters. The molecule has 4 heteroatoms. The number of hydrogen-bond donors (Lipinski definition) is 2. The third kappa shape index (κ3) is 3.72. The summed E-state index contributed by atoms with van der Waals surface area (Å²) in [5, 5.41) is 12.7. The summed E-state index contributed by atoms with van der Waals surface area (Å²) >= 11 is 0. The Labute approximate surface area is 92.0 Å². The molecule has 0 spiro atoms. The summed E-state index contributed by atoms with van der Waals surface area (Å²) in [5.74, 6) is 0. The van der Waals surface area contributed by atoms with Crippen LogP contribution < -0.4 is 5.32 Å². The zero-order chi connectivity index (χ0) is 11.1.